The van der Waals surface area contributed by atoms with Gasteiger partial charge in [0.25, 0.3) is 5.91 Å². The summed E-state index contributed by atoms with van der Waals surface area (Å²) < 4.78 is 0. The van der Waals surface area contributed by atoms with E-state index in [1.54, 1.807) is 0 Å². The first-order valence-electron chi connectivity index (χ1n) is 12.5. The number of hydrogen-bond acceptors (Lipinski definition) is 5. The number of carbonyl (C=O) groups is 2. The Morgan fingerprint density at radius 1 is 0.722 bits per heavy atom. The molecule has 0 aliphatic rings. The molecule has 0 unspecified atom stereocenters. The van der Waals surface area contributed by atoms with Gasteiger partial charge in [0, 0.05) is 25.1 Å². The number of allylic oxidation sites excluding steroid dienone is 10. The average Bonchev–Trinajstić information content (AvgIpc) is 2.86. The number of amides is 2. The van der Waals surface area contributed by atoms with Crippen LogP contribution >= 0.6 is 0 Å². The maximum Gasteiger partial charge on any atom is 0.251 e. The van der Waals surface area contributed by atoms with Gasteiger partial charge in [-0.2, -0.15) is 0 Å². The lowest BCUT2D eigenvalue weighted by Crippen LogP contribution is -2.34. The lowest BCUT2D eigenvalue weighted by molar-refractivity contribution is -0.121. The van der Waals surface area contributed by atoms with Crippen LogP contribution in [-0.4, -0.2) is 40.2 Å². The van der Waals surface area contributed by atoms with Gasteiger partial charge in [0.2, 0.25) is 5.91 Å². The fourth-order valence-electron chi connectivity index (χ4n) is 3.05. The largest absolute Gasteiger partial charge is 0.504 e. The van der Waals surface area contributed by atoms with E-state index in [1.165, 1.54) is 0 Å². The molecule has 0 aromatic heterocycles. The molecule has 2 amide bonds. The van der Waals surface area contributed by atoms with E-state index in [0.29, 0.717) is 6.42 Å². The minimum Gasteiger partial charge on any atom is -0.504 e. The smallest absolute Gasteiger partial charge is 0.251 e. The Kier molecular flexibility index (Phi) is 16.5. The van der Waals surface area contributed by atoms with Gasteiger partial charge >= 0.3 is 0 Å². The molecule has 5 N–H and O–H groups in total. The SMILES string of the molecule is CC/C=C\C/C=C\C/C=C\C/C=C\C/C=C\CCCC(=O)NCCNC(=O)c1cc(O)c(O)c(O)c1. The number of hydrogen-bond donors (Lipinski definition) is 5. The van der Waals surface area contributed by atoms with Gasteiger partial charge in [0.1, 0.15) is 0 Å². The van der Waals surface area contributed by atoms with Crippen LogP contribution in [0.2, 0.25) is 0 Å². The topological polar surface area (TPSA) is 119 Å². The van der Waals surface area contributed by atoms with Crippen molar-refractivity contribution in [3.05, 3.63) is 78.5 Å². The van der Waals surface area contributed by atoms with Crippen molar-refractivity contribution in [3.8, 4) is 17.2 Å². The quantitative estimate of drug-likeness (QED) is 0.110. The van der Waals surface area contributed by atoms with Crippen molar-refractivity contribution in [2.75, 3.05) is 13.1 Å². The molecule has 0 heterocycles. The van der Waals surface area contributed by atoms with Crippen molar-refractivity contribution in [2.45, 2.75) is 58.3 Å². The van der Waals surface area contributed by atoms with Gasteiger partial charge in [0.15, 0.2) is 17.2 Å². The molecule has 1 aromatic rings. The second-order valence-electron chi connectivity index (χ2n) is 8.07. The Bertz CT molecular complexity index is 922. The Labute approximate surface area is 214 Å². The van der Waals surface area contributed by atoms with Crippen molar-refractivity contribution >= 4 is 11.8 Å². The minimum absolute atomic E-state index is 0.00573. The molecule has 0 aliphatic carbocycles. The lowest BCUT2D eigenvalue weighted by atomic mass is 10.1. The van der Waals surface area contributed by atoms with Crippen LogP contribution in [0.1, 0.15) is 68.6 Å². The summed E-state index contributed by atoms with van der Waals surface area (Å²) in [6.07, 6.45) is 28.3. The maximum absolute atomic E-state index is 12.0. The summed E-state index contributed by atoms with van der Waals surface area (Å²) in [6.45, 7) is 2.60. The van der Waals surface area contributed by atoms with Crippen LogP contribution in [0.25, 0.3) is 0 Å². The van der Waals surface area contributed by atoms with E-state index in [4.69, 9.17) is 0 Å². The summed E-state index contributed by atoms with van der Waals surface area (Å²) in [5.41, 5.74) is 0.00573. The van der Waals surface area contributed by atoms with Gasteiger partial charge in [0.05, 0.1) is 0 Å². The van der Waals surface area contributed by atoms with Crippen molar-refractivity contribution in [1.29, 1.82) is 0 Å². The predicted octanol–water partition coefficient (Wildman–Crippen LogP) is 5.57. The maximum atomic E-state index is 12.0. The number of aromatic hydroxyl groups is 3. The van der Waals surface area contributed by atoms with E-state index in [1.807, 2.05) is 0 Å². The zero-order valence-electron chi connectivity index (χ0n) is 21.2. The molecule has 0 saturated heterocycles. The predicted molar refractivity (Wildman–Crippen MR) is 145 cm³/mol. The molecule has 1 aromatic carbocycles. The molecule has 0 bridgehead atoms. The highest BCUT2D eigenvalue weighted by atomic mass is 16.3. The van der Waals surface area contributed by atoms with Crippen LogP contribution in [0.4, 0.5) is 0 Å². The van der Waals surface area contributed by atoms with Gasteiger partial charge in [-0.1, -0.05) is 67.7 Å². The van der Waals surface area contributed by atoms with Crippen LogP contribution in [0.3, 0.4) is 0 Å². The number of benzene rings is 1. The summed E-state index contributed by atoms with van der Waals surface area (Å²) in [7, 11) is 0. The zero-order chi connectivity index (χ0) is 26.4. The number of carbonyl (C=O) groups excluding carboxylic acids is 2. The average molecular weight is 497 g/mol. The normalized spacial score (nSPS) is 12.0. The van der Waals surface area contributed by atoms with Crippen LogP contribution in [0, 0.1) is 0 Å². The van der Waals surface area contributed by atoms with Crippen molar-refractivity contribution in [3.63, 3.8) is 0 Å². The van der Waals surface area contributed by atoms with E-state index in [2.05, 4.69) is 78.3 Å². The van der Waals surface area contributed by atoms with E-state index >= 15 is 0 Å². The summed E-state index contributed by atoms with van der Waals surface area (Å²) in [6, 6.07) is 2.11. The number of unbranched alkanes of at least 4 members (excludes halogenated alkanes) is 1. The standard InChI is InChI=1S/C29H40N2O5/c1-2-3-4-5-6-7-8-9-10-11-12-13-14-15-16-17-18-19-27(34)30-20-21-31-29(36)24-22-25(32)28(35)26(33)23-24/h3-4,6-7,9-10,12-13,15-16,22-23,32-33,35H,2,5,8,11,14,17-21H2,1H3,(H,30,34)(H,31,36)/b4-3-,7-6-,10-9-,13-12-,16-15-. The molecular formula is C29H40N2O5. The molecule has 0 spiro atoms. The molecule has 0 fully saturated rings. The Hall–Kier alpha value is -3.74. The molecule has 0 radical (unpaired) electrons. The highest BCUT2D eigenvalue weighted by Gasteiger charge is 2.13. The van der Waals surface area contributed by atoms with E-state index in [-0.39, 0.29) is 24.6 Å². The molecule has 196 valence electrons. The van der Waals surface area contributed by atoms with Gasteiger partial charge in [-0.15, -0.1) is 0 Å². The van der Waals surface area contributed by atoms with E-state index in [9.17, 15) is 24.9 Å². The number of rotatable bonds is 17. The van der Waals surface area contributed by atoms with Crippen LogP contribution < -0.4 is 10.6 Å². The highest BCUT2D eigenvalue weighted by Crippen LogP contribution is 2.35. The molecule has 1 rings (SSSR count). The van der Waals surface area contributed by atoms with E-state index in [0.717, 1.165) is 57.1 Å². The number of nitrogens with one attached hydrogen (secondary N) is 2. The monoisotopic (exact) mass is 496 g/mol. The van der Waals surface area contributed by atoms with Gasteiger partial charge in [-0.25, -0.2) is 0 Å². The number of phenolic OH excluding ortho intramolecular Hbond substituents is 3. The Balaban J connectivity index is 2.04. The fraction of sp³-hybridized carbons (Fsp3) is 0.379. The minimum atomic E-state index is -0.677. The second kappa shape index (κ2) is 19.6. The van der Waals surface area contributed by atoms with E-state index < -0.39 is 23.2 Å². The third-order valence-corrected chi connectivity index (χ3v) is 5.00. The first-order chi connectivity index (χ1) is 17.5. The molecule has 0 atom stereocenters. The van der Waals surface area contributed by atoms with Crippen molar-refractivity contribution < 1.29 is 24.9 Å². The Morgan fingerprint density at radius 2 is 1.19 bits per heavy atom. The Morgan fingerprint density at radius 3 is 1.72 bits per heavy atom. The van der Waals surface area contributed by atoms with Crippen LogP contribution in [-0.2, 0) is 4.79 Å². The first kappa shape index (κ1) is 30.3. The molecular weight excluding hydrogens is 456 g/mol. The van der Waals surface area contributed by atoms with Gasteiger partial charge in [-0.05, 0) is 57.1 Å². The summed E-state index contributed by atoms with van der Waals surface area (Å²) in [5, 5.41) is 33.5. The molecule has 0 aliphatic heterocycles. The lowest BCUT2D eigenvalue weighted by Gasteiger charge is -2.08. The zero-order valence-corrected chi connectivity index (χ0v) is 21.2. The van der Waals surface area contributed by atoms with Gasteiger partial charge < -0.3 is 26.0 Å². The molecule has 36 heavy (non-hydrogen) atoms. The van der Waals surface area contributed by atoms with Crippen LogP contribution in [0.15, 0.2) is 72.9 Å². The molecule has 7 heteroatoms. The summed E-state index contributed by atoms with van der Waals surface area (Å²) >= 11 is 0. The fourth-order valence-corrected chi connectivity index (χ4v) is 3.05. The number of phenols is 3. The summed E-state index contributed by atoms with van der Waals surface area (Å²) in [4.78, 5) is 23.9. The highest BCUT2D eigenvalue weighted by molar-refractivity contribution is 5.95. The third-order valence-electron chi connectivity index (χ3n) is 5.00. The van der Waals surface area contributed by atoms with Crippen molar-refractivity contribution in [1.82, 2.24) is 10.6 Å². The second-order valence-corrected chi connectivity index (χ2v) is 8.07. The van der Waals surface area contributed by atoms with Crippen LogP contribution in [0.5, 0.6) is 17.2 Å². The van der Waals surface area contributed by atoms with Gasteiger partial charge in [-0.3, -0.25) is 9.59 Å². The van der Waals surface area contributed by atoms with Crippen molar-refractivity contribution in [2.24, 2.45) is 0 Å². The third kappa shape index (κ3) is 14.5. The first-order valence-corrected chi connectivity index (χ1v) is 12.5. The molecule has 0 saturated carbocycles. The summed E-state index contributed by atoms with van der Waals surface area (Å²) in [5.74, 6) is -2.46. The molecule has 7 nitrogen and oxygen atoms in total.